The summed E-state index contributed by atoms with van der Waals surface area (Å²) >= 11 is 1.75. The van der Waals surface area contributed by atoms with E-state index in [0.717, 1.165) is 5.56 Å². The van der Waals surface area contributed by atoms with Crippen LogP contribution in [-0.4, -0.2) is 7.11 Å². The number of thiophene rings is 1. The second-order valence-corrected chi connectivity index (χ2v) is 6.07. The molecule has 1 atom stereocenters. The van der Waals surface area contributed by atoms with E-state index in [9.17, 15) is 4.39 Å². The van der Waals surface area contributed by atoms with Crippen LogP contribution in [0.3, 0.4) is 0 Å². The van der Waals surface area contributed by atoms with Gasteiger partial charge in [-0.25, -0.2) is 4.39 Å². The average Bonchev–Trinajstić information content (AvgIpc) is 2.92. The van der Waals surface area contributed by atoms with Crippen LogP contribution in [-0.2, 0) is 6.54 Å². The fourth-order valence-electron chi connectivity index (χ4n) is 2.18. The molecule has 4 heteroatoms. The second kappa shape index (κ2) is 6.86. The third-order valence-corrected chi connectivity index (χ3v) is 4.21. The van der Waals surface area contributed by atoms with Crippen LogP contribution >= 0.6 is 11.3 Å². The Labute approximate surface area is 123 Å². The summed E-state index contributed by atoms with van der Waals surface area (Å²) < 4.78 is 18.6. The Hall–Kier alpha value is -1.39. The van der Waals surface area contributed by atoms with Crippen molar-refractivity contribution in [3.63, 3.8) is 0 Å². The average molecular weight is 293 g/mol. The first-order chi connectivity index (χ1) is 9.61. The molecule has 108 valence electrons. The largest absolute Gasteiger partial charge is 0.494 e. The van der Waals surface area contributed by atoms with Gasteiger partial charge in [0.1, 0.15) is 0 Å². The van der Waals surface area contributed by atoms with E-state index >= 15 is 0 Å². The van der Waals surface area contributed by atoms with E-state index < -0.39 is 0 Å². The molecule has 1 aromatic heterocycles. The van der Waals surface area contributed by atoms with Crippen molar-refractivity contribution >= 4 is 11.3 Å². The maximum Gasteiger partial charge on any atom is 0.165 e. The van der Waals surface area contributed by atoms with Crippen molar-refractivity contribution in [2.24, 2.45) is 5.92 Å². The number of methoxy groups -OCH3 is 1. The first kappa shape index (κ1) is 15.0. The van der Waals surface area contributed by atoms with E-state index in [4.69, 9.17) is 4.74 Å². The van der Waals surface area contributed by atoms with E-state index in [1.165, 1.54) is 18.1 Å². The Morgan fingerprint density at radius 2 is 2.10 bits per heavy atom. The SMILES string of the molecule is COc1ccc(CNC(c2cccs2)C(C)C)cc1F. The predicted molar refractivity (Wildman–Crippen MR) is 81.7 cm³/mol. The smallest absolute Gasteiger partial charge is 0.165 e. The highest BCUT2D eigenvalue weighted by atomic mass is 32.1. The molecule has 0 aliphatic heterocycles. The quantitative estimate of drug-likeness (QED) is 0.853. The molecular formula is C16H20FNOS. The summed E-state index contributed by atoms with van der Waals surface area (Å²) in [6.45, 7) is 5.01. The molecule has 0 aliphatic rings. The van der Waals surface area contributed by atoms with Gasteiger partial charge in [0.15, 0.2) is 11.6 Å². The summed E-state index contributed by atoms with van der Waals surface area (Å²) in [6.07, 6.45) is 0. The van der Waals surface area contributed by atoms with Crippen LogP contribution < -0.4 is 10.1 Å². The highest BCUT2D eigenvalue weighted by Crippen LogP contribution is 2.26. The van der Waals surface area contributed by atoms with Crippen LogP contribution in [0.2, 0.25) is 0 Å². The zero-order chi connectivity index (χ0) is 14.5. The van der Waals surface area contributed by atoms with Gasteiger partial charge in [-0.05, 0) is 35.1 Å². The Kier molecular flexibility index (Phi) is 5.15. The molecule has 0 radical (unpaired) electrons. The van der Waals surface area contributed by atoms with Gasteiger partial charge >= 0.3 is 0 Å². The molecule has 1 heterocycles. The number of rotatable bonds is 6. The normalized spacial score (nSPS) is 12.7. The minimum absolute atomic E-state index is 0.285. The summed E-state index contributed by atoms with van der Waals surface area (Å²) in [5.74, 6) is 0.452. The van der Waals surface area contributed by atoms with Crippen molar-refractivity contribution in [3.05, 3.63) is 52.0 Å². The molecule has 0 aliphatic carbocycles. The van der Waals surface area contributed by atoms with Gasteiger partial charge < -0.3 is 10.1 Å². The lowest BCUT2D eigenvalue weighted by Crippen LogP contribution is -2.24. The van der Waals surface area contributed by atoms with E-state index in [-0.39, 0.29) is 11.6 Å². The number of hydrogen-bond acceptors (Lipinski definition) is 3. The summed E-state index contributed by atoms with van der Waals surface area (Å²) in [7, 11) is 1.47. The fraction of sp³-hybridized carbons (Fsp3) is 0.375. The van der Waals surface area contributed by atoms with Crippen molar-refractivity contribution in [1.82, 2.24) is 5.32 Å². The molecule has 2 nitrogen and oxygen atoms in total. The maximum atomic E-state index is 13.7. The minimum Gasteiger partial charge on any atom is -0.494 e. The highest BCUT2D eigenvalue weighted by molar-refractivity contribution is 7.10. The van der Waals surface area contributed by atoms with Crippen molar-refractivity contribution in [1.29, 1.82) is 0 Å². The maximum absolute atomic E-state index is 13.7. The van der Waals surface area contributed by atoms with Crippen LogP contribution in [0, 0.1) is 11.7 Å². The number of nitrogens with one attached hydrogen (secondary N) is 1. The summed E-state index contributed by atoms with van der Waals surface area (Å²) in [4.78, 5) is 1.31. The molecule has 0 fully saturated rings. The van der Waals surface area contributed by atoms with Gasteiger partial charge in [0.25, 0.3) is 0 Å². The van der Waals surface area contributed by atoms with Crippen molar-refractivity contribution < 1.29 is 9.13 Å². The molecule has 0 amide bonds. The van der Waals surface area contributed by atoms with Gasteiger partial charge in [-0.15, -0.1) is 11.3 Å². The van der Waals surface area contributed by atoms with Gasteiger partial charge in [-0.3, -0.25) is 0 Å². The van der Waals surface area contributed by atoms with Gasteiger partial charge in [0.2, 0.25) is 0 Å². The summed E-state index contributed by atoms with van der Waals surface area (Å²) in [5, 5.41) is 5.59. The van der Waals surface area contributed by atoms with Crippen molar-refractivity contribution in [3.8, 4) is 5.75 Å². The number of benzene rings is 1. The zero-order valence-electron chi connectivity index (χ0n) is 12.0. The van der Waals surface area contributed by atoms with Crippen LogP contribution in [0.15, 0.2) is 35.7 Å². The molecule has 0 saturated carbocycles. The molecule has 1 unspecified atom stereocenters. The Balaban J connectivity index is 2.04. The second-order valence-electron chi connectivity index (χ2n) is 5.09. The fourth-order valence-corrected chi connectivity index (χ4v) is 3.15. The topological polar surface area (TPSA) is 21.3 Å². The lowest BCUT2D eigenvalue weighted by molar-refractivity contribution is 0.385. The molecule has 1 aromatic carbocycles. The molecule has 0 bridgehead atoms. The Bertz CT molecular complexity index is 539. The predicted octanol–water partition coefficient (Wildman–Crippen LogP) is 4.38. The molecule has 20 heavy (non-hydrogen) atoms. The number of hydrogen-bond donors (Lipinski definition) is 1. The lowest BCUT2D eigenvalue weighted by Gasteiger charge is -2.21. The summed E-state index contributed by atoms with van der Waals surface area (Å²) in [5.41, 5.74) is 0.922. The number of halogens is 1. The van der Waals surface area contributed by atoms with E-state index in [1.807, 2.05) is 6.07 Å². The van der Waals surface area contributed by atoms with Gasteiger partial charge in [-0.2, -0.15) is 0 Å². The third-order valence-electron chi connectivity index (χ3n) is 3.26. The Morgan fingerprint density at radius 1 is 1.30 bits per heavy atom. The summed E-state index contributed by atoms with van der Waals surface area (Å²) in [6, 6.07) is 9.57. The molecule has 2 rings (SSSR count). The van der Waals surface area contributed by atoms with Crippen LogP contribution in [0.25, 0.3) is 0 Å². The molecule has 0 spiro atoms. The monoisotopic (exact) mass is 293 g/mol. The van der Waals surface area contributed by atoms with Crippen LogP contribution in [0.5, 0.6) is 5.75 Å². The van der Waals surface area contributed by atoms with E-state index in [0.29, 0.717) is 18.5 Å². The van der Waals surface area contributed by atoms with Gasteiger partial charge in [-0.1, -0.05) is 26.0 Å². The van der Waals surface area contributed by atoms with Gasteiger partial charge in [0.05, 0.1) is 7.11 Å². The van der Waals surface area contributed by atoms with Crippen LogP contribution in [0.4, 0.5) is 4.39 Å². The Morgan fingerprint density at radius 3 is 2.65 bits per heavy atom. The van der Waals surface area contributed by atoms with E-state index in [1.54, 1.807) is 17.4 Å². The molecule has 2 aromatic rings. The minimum atomic E-state index is -0.316. The zero-order valence-corrected chi connectivity index (χ0v) is 12.8. The molecule has 1 N–H and O–H groups in total. The van der Waals surface area contributed by atoms with Crippen molar-refractivity contribution in [2.45, 2.75) is 26.4 Å². The highest BCUT2D eigenvalue weighted by Gasteiger charge is 2.16. The lowest BCUT2D eigenvalue weighted by atomic mass is 10.0. The molecular weight excluding hydrogens is 273 g/mol. The van der Waals surface area contributed by atoms with Crippen LogP contribution in [0.1, 0.15) is 30.3 Å². The van der Waals surface area contributed by atoms with Crippen molar-refractivity contribution in [2.75, 3.05) is 7.11 Å². The first-order valence-corrected chi connectivity index (χ1v) is 7.59. The van der Waals surface area contributed by atoms with E-state index in [2.05, 4.69) is 36.7 Å². The molecule has 0 saturated heterocycles. The number of ether oxygens (including phenoxy) is 1. The first-order valence-electron chi connectivity index (χ1n) is 6.71. The van der Waals surface area contributed by atoms with Gasteiger partial charge in [0, 0.05) is 17.5 Å². The standard InChI is InChI=1S/C16H20FNOS/c1-11(2)16(15-5-4-8-20-15)18-10-12-6-7-14(19-3)13(17)9-12/h4-9,11,16,18H,10H2,1-3H3. The third kappa shape index (κ3) is 3.58.